The van der Waals surface area contributed by atoms with Gasteiger partial charge in [-0.1, -0.05) is 25.5 Å². The minimum Gasteiger partial charge on any atom is -0.341 e. The quantitative estimate of drug-likeness (QED) is 0.819. The molecule has 1 aliphatic heterocycles. The van der Waals surface area contributed by atoms with Gasteiger partial charge in [-0.3, -0.25) is 4.79 Å². The summed E-state index contributed by atoms with van der Waals surface area (Å²) in [7, 11) is -3.51. The van der Waals surface area contributed by atoms with Crippen LogP contribution in [0.5, 0.6) is 0 Å². The Morgan fingerprint density at radius 2 is 1.88 bits per heavy atom. The molecule has 0 radical (unpaired) electrons. The molecule has 1 amide bonds. The van der Waals surface area contributed by atoms with Gasteiger partial charge in [-0.05, 0) is 43.9 Å². The molecule has 1 aromatic carbocycles. The third kappa shape index (κ3) is 4.36. The monoisotopic (exact) mass is 352 g/mol. The Balaban J connectivity index is 2.12. The molecule has 0 N–H and O–H groups in total. The number of sulfonamides is 1. The van der Waals surface area contributed by atoms with E-state index in [0.29, 0.717) is 43.9 Å². The lowest BCUT2D eigenvalue weighted by Gasteiger charge is -2.22. The van der Waals surface area contributed by atoms with Crippen LogP contribution < -0.4 is 0 Å². The molecule has 0 bridgehead atoms. The van der Waals surface area contributed by atoms with Crippen LogP contribution in [0.2, 0.25) is 0 Å². The SMILES string of the molecule is CCCCC(=O)N1CCCN(S(=O)(=O)c2cc(C)ccc2C)CC1. The van der Waals surface area contributed by atoms with Crippen molar-refractivity contribution in [3.05, 3.63) is 29.3 Å². The summed E-state index contributed by atoms with van der Waals surface area (Å²) in [6, 6.07) is 5.51. The van der Waals surface area contributed by atoms with Crippen molar-refractivity contribution < 1.29 is 13.2 Å². The fourth-order valence-corrected chi connectivity index (χ4v) is 4.77. The first-order chi connectivity index (χ1) is 11.4. The molecule has 1 fully saturated rings. The van der Waals surface area contributed by atoms with E-state index >= 15 is 0 Å². The van der Waals surface area contributed by atoms with Gasteiger partial charge in [0.25, 0.3) is 0 Å². The van der Waals surface area contributed by atoms with Crippen molar-refractivity contribution in [2.45, 2.75) is 51.3 Å². The van der Waals surface area contributed by atoms with Crippen molar-refractivity contribution >= 4 is 15.9 Å². The number of rotatable bonds is 5. The molecule has 134 valence electrons. The molecule has 1 aromatic rings. The second-order valence-electron chi connectivity index (χ2n) is 6.51. The number of carbonyl (C=O) groups excluding carboxylic acids is 1. The molecule has 6 heteroatoms. The number of carbonyl (C=O) groups is 1. The zero-order chi connectivity index (χ0) is 17.7. The van der Waals surface area contributed by atoms with E-state index in [1.54, 1.807) is 6.07 Å². The third-order valence-electron chi connectivity index (χ3n) is 4.51. The second kappa shape index (κ2) is 8.12. The molecule has 1 aliphatic rings. The van der Waals surface area contributed by atoms with E-state index in [2.05, 4.69) is 6.92 Å². The Morgan fingerprint density at radius 1 is 1.12 bits per heavy atom. The Bertz CT molecular complexity index is 686. The van der Waals surface area contributed by atoms with Crippen LogP contribution in [0.3, 0.4) is 0 Å². The lowest BCUT2D eigenvalue weighted by atomic mass is 10.2. The summed E-state index contributed by atoms with van der Waals surface area (Å²) in [5.74, 6) is 0.142. The maximum Gasteiger partial charge on any atom is 0.243 e. The highest BCUT2D eigenvalue weighted by Crippen LogP contribution is 2.22. The van der Waals surface area contributed by atoms with Gasteiger partial charge >= 0.3 is 0 Å². The molecule has 1 heterocycles. The lowest BCUT2D eigenvalue weighted by Crippen LogP contribution is -2.37. The van der Waals surface area contributed by atoms with Gasteiger partial charge in [-0.25, -0.2) is 8.42 Å². The summed E-state index contributed by atoms with van der Waals surface area (Å²) in [5, 5.41) is 0. The van der Waals surface area contributed by atoms with Crippen LogP contribution in [0.1, 0.15) is 43.7 Å². The van der Waals surface area contributed by atoms with Crippen molar-refractivity contribution in [2.24, 2.45) is 0 Å². The summed E-state index contributed by atoms with van der Waals surface area (Å²) >= 11 is 0. The number of amides is 1. The summed E-state index contributed by atoms with van der Waals surface area (Å²) in [6.45, 7) is 7.74. The van der Waals surface area contributed by atoms with Crippen molar-refractivity contribution in [3.63, 3.8) is 0 Å². The van der Waals surface area contributed by atoms with Crippen LogP contribution in [0.25, 0.3) is 0 Å². The molecule has 2 rings (SSSR count). The molecule has 0 atom stereocenters. The average Bonchev–Trinajstić information content (AvgIpc) is 2.81. The van der Waals surface area contributed by atoms with Crippen molar-refractivity contribution in [2.75, 3.05) is 26.2 Å². The van der Waals surface area contributed by atoms with Gasteiger partial charge in [0.1, 0.15) is 0 Å². The molecule has 0 unspecified atom stereocenters. The standard InChI is InChI=1S/C18H28N2O3S/c1-4-5-7-18(21)19-10-6-11-20(13-12-19)24(22,23)17-14-15(2)8-9-16(17)3/h8-9,14H,4-7,10-13H2,1-3H3. The first kappa shape index (κ1) is 18.9. The highest BCUT2D eigenvalue weighted by Gasteiger charge is 2.29. The minimum atomic E-state index is -3.51. The van der Waals surface area contributed by atoms with Gasteiger partial charge in [0.2, 0.25) is 15.9 Å². The zero-order valence-corrected chi connectivity index (χ0v) is 15.7. The highest BCUT2D eigenvalue weighted by molar-refractivity contribution is 7.89. The van der Waals surface area contributed by atoms with Gasteiger partial charge in [0.05, 0.1) is 4.90 Å². The molecule has 1 saturated heterocycles. The van der Waals surface area contributed by atoms with Gasteiger partial charge in [0.15, 0.2) is 0 Å². The molecule has 5 nitrogen and oxygen atoms in total. The molecule has 0 aromatic heterocycles. The van der Waals surface area contributed by atoms with E-state index < -0.39 is 10.0 Å². The van der Waals surface area contributed by atoms with E-state index in [1.165, 1.54) is 4.31 Å². The first-order valence-electron chi connectivity index (χ1n) is 8.71. The van der Waals surface area contributed by atoms with Crippen LogP contribution in [0.15, 0.2) is 23.1 Å². The first-order valence-corrected chi connectivity index (χ1v) is 10.2. The topological polar surface area (TPSA) is 57.7 Å². The summed E-state index contributed by atoms with van der Waals surface area (Å²) in [6.07, 6.45) is 3.12. The normalized spacial score (nSPS) is 16.9. The van der Waals surface area contributed by atoms with E-state index in [0.717, 1.165) is 24.0 Å². The van der Waals surface area contributed by atoms with Crippen molar-refractivity contribution in [3.8, 4) is 0 Å². The third-order valence-corrected chi connectivity index (χ3v) is 6.55. The summed E-state index contributed by atoms with van der Waals surface area (Å²) in [5.41, 5.74) is 1.70. The predicted molar refractivity (Wildman–Crippen MR) is 95.4 cm³/mol. The summed E-state index contributed by atoms with van der Waals surface area (Å²) < 4.78 is 27.5. The molecular weight excluding hydrogens is 324 g/mol. The lowest BCUT2D eigenvalue weighted by molar-refractivity contribution is -0.131. The Kier molecular flexibility index (Phi) is 6.40. The summed E-state index contributed by atoms with van der Waals surface area (Å²) in [4.78, 5) is 14.4. The zero-order valence-electron chi connectivity index (χ0n) is 14.9. The number of nitrogens with zero attached hydrogens (tertiary/aromatic N) is 2. The van der Waals surface area contributed by atoms with Gasteiger partial charge in [0, 0.05) is 32.6 Å². The van der Waals surface area contributed by atoms with Crippen molar-refractivity contribution in [1.82, 2.24) is 9.21 Å². The maximum absolute atomic E-state index is 13.0. The van der Waals surface area contributed by atoms with Crippen LogP contribution in [0, 0.1) is 13.8 Å². The van der Waals surface area contributed by atoms with E-state index in [9.17, 15) is 13.2 Å². The molecule has 24 heavy (non-hydrogen) atoms. The van der Waals surface area contributed by atoms with Gasteiger partial charge < -0.3 is 4.90 Å². The minimum absolute atomic E-state index is 0.142. The van der Waals surface area contributed by atoms with E-state index in [-0.39, 0.29) is 5.91 Å². The smallest absolute Gasteiger partial charge is 0.243 e. The van der Waals surface area contributed by atoms with Crippen LogP contribution >= 0.6 is 0 Å². The van der Waals surface area contributed by atoms with E-state index in [1.807, 2.05) is 30.9 Å². The van der Waals surface area contributed by atoms with Crippen LogP contribution in [-0.4, -0.2) is 49.7 Å². The number of benzene rings is 1. The second-order valence-corrected chi connectivity index (χ2v) is 8.42. The molecule has 0 aliphatic carbocycles. The number of hydrogen-bond donors (Lipinski definition) is 0. The number of unbranched alkanes of at least 4 members (excludes halogenated alkanes) is 1. The van der Waals surface area contributed by atoms with Crippen LogP contribution in [-0.2, 0) is 14.8 Å². The molecule has 0 spiro atoms. The largest absolute Gasteiger partial charge is 0.341 e. The molecule has 0 saturated carbocycles. The number of aryl methyl sites for hydroxylation is 2. The highest BCUT2D eigenvalue weighted by atomic mass is 32.2. The van der Waals surface area contributed by atoms with E-state index in [4.69, 9.17) is 0 Å². The number of hydrogen-bond acceptors (Lipinski definition) is 3. The van der Waals surface area contributed by atoms with Gasteiger partial charge in [-0.2, -0.15) is 4.31 Å². The van der Waals surface area contributed by atoms with Gasteiger partial charge in [-0.15, -0.1) is 0 Å². The fourth-order valence-electron chi connectivity index (χ4n) is 2.99. The Morgan fingerprint density at radius 3 is 2.58 bits per heavy atom. The fraction of sp³-hybridized carbons (Fsp3) is 0.611. The van der Waals surface area contributed by atoms with Crippen molar-refractivity contribution in [1.29, 1.82) is 0 Å². The Hall–Kier alpha value is -1.40. The average molecular weight is 353 g/mol. The Labute approximate surface area is 145 Å². The van der Waals surface area contributed by atoms with Crippen LogP contribution in [0.4, 0.5) is 0 Å². The molecular formula is C18H28N2O3S. The maximum atomic E-state index is 13.0. The predicted octanol–water partition coefficient (Wildman–Crippen LogP) is 2.72.